The quantitative estimate of drug-likeness (QED) is 0.746. The molecule has 1 aromatic carbocycles. The summed E-state index contributed by atoms with van der Waals surface area (Å²) < 4.78 is 5.09. The molecule has 2 nitrogen and oxygen atoms in total. The lowest BCUT2D eigenvalue weighted by Gasteiger charge is -2.10. The minimum Gasteiger partial charge on any atom is -0.379 e. The van der Waals surface area contributed by atoms with Gasteiger partial charge in [-0.3, -0.25) is 0 Å². The van der Waals surface area contributed by atoms with Crippen molar-refractivity contribution in [3.8, 4) is 0 Å². The number of ether oxygens (including phenoxy) is 1. The fourth-order valence-corrected chi connectivity index (χ4v) is 1.50. The van der Waals surface area contributed by atoms with E-state index in [-0.39, 0.29) is 0 Å². The van der Waals surface area contributed by atoms with Gasteiger partial charge in [-0.05, 0) is 19.4 Å². The lowest BCUT2D eigenvalue weighted by Crippen LogP contribution is -2.88. The van der Waals surface area contributed by atoms with E-state index in [4.69, 9.17) is 4.74 Å². The number of nitrogens with two attached hydrogens (primary N) is 1. The van der Waals surface area contributed by atoms with E-state index in [1.54, 1.807) is 7.11 Å². The summed E-state index contributed by atoms with van der Waals surface area (Å²) in [7, 11) is 1.75. The third kappa shape index (κ3) is 3.48. The van der Waals surface area contributed by atoms with Crippen LogP contribution >= 0.6 is 0 Å². The van der Waals surface area contributed by atoms with Crippen LogP contribution in [0.4, 0.5) is 0 Å². The Balaban J connectivity index is 2.41. The second-order valence-electron chi connectivity index (χ2n) is 3.80. The van der Waals surface area contributed by atoms with Crippen molar-refractivity contribution in [1.82, 2.24) is 0 Å². The first-order valence-electron chi connectivity index (χ1n) is 5.11. The van der Waals surface area contributed by atoms with Crippen molar-refractivity contribution in [2.45, 2.75) is 26.4 Å². The summed E-state index contributed by atoms with van der Waals surface area (Å²) in [4.78, 5) is 0. The van der Waals surface area contributed by atoms with Gasteiger partial charge in [0.05, 0.1) is 6.61 Å². The SMILES string of the molecule is COCC(C)[NH2+]Cc1ccccc1C. The highest BCUT2D eigenvalue weighted by Crippen LogP contribution is 2.04. The molecule has 0 saturated carbocycles. The molecule has 0 aliphatic rings. The second-order valence-corrected chi connectivity index (χ2v) is 3.80. The first kappa shape index (κ1) is 11.2. The molecule has 0 spiro atoms. The molecule has 0 bridgehead atoms. The Bertz CT molecular complexity index is 273. The van der Waals surface area contributed by atoms with Crippen molar-refractivity contribution in [1.29, 1.82) is 0 Å². The molecule has 0 saturated heterocycles. The number of hydrogen-bond donors (Lipinski definition) is 1. The van der Waals surface area contributed by atoms with Gasteiger partial charge in [-0.1, -0.05) is 24.3 Å². The van der Waals surface area contributed by atoms with Crippen LogP contribution in [0.15, 0.2) is 24.3 Å². The summed E-state index contributed by atoms with van der Waals surface area (Å²) >= 11 is 0. The van der Waals surface area contributed by atoms with Crippen LogP contribution in [0.25, 0.3) is 0 Å². The molecule has 0 radical (unpaired) electrons. The van der Waals surface area contributed by atoms with Crippen molar-refractivity contribution in [2.75, 3.05) is 13.7 Å². The van der Waals surface area contributed by atoms with Gasteiger partial charge in [0.15, 0.2) is 0 Å². The maximum absolute atomic E-state index is 5.09. The predicted molar refractivity (Wildman–Crippen MR) is 58.1 cm³/mol. The zero-order valence-corrected chi connectivity index (χ0v) is 9.29. The first-order valence-corrected chi connectivity index (χ1v) is 5.11. The number of quaternary nitrogens is 1. The number of benzene rings is 1. The average molecular weight is 194 g/mol. The fraction of sp³-hybridized carbons (Fsp3) is 0.500. The third-order valence-electron chi connectivity index (χ3n) is 2.43. The van der Waals surface area contributed by atoms with Crippen LogP contribution < -0.4 is 5.32 Å². The molecule has 0 aliphatic heterocycles. The van der Waals surface area contributed by atoms with Gasteiger partial charge in [0.1, 0.15) is 12.6 Å². The monoisotopic (exact) mass is 194 g/mol. The summed E-state index contributed by atoms with van der Waals surface area (Å²) in [5.74, 6) is 0. The molecule has 0 aliphatic carbocycles. The minimum atomic E-state index is 0.527. The second kappa shape index (κ2) is 5.78. The van der Waals surface area contributed by atoms with Crippen LogP contribution in [0.3, 0.4) is 0 Å². The maximum Gasteiger partial charge on any atom is 0.107 e. The molecule has 1 unspecified atom stereocenters. The fourth-order valence-electron chi connectivity index (χ4n) is 1.50. The van der Waals surface area contributed by atoms with E-state index >= 15 is 0 Å². The van der Waals surface area contributed by atoms with Gasteiger partial charge in [-0.15, -0.1) is 0 Å². The van der Waals surface area contributed by atoms with Gasteiger partial charge in [-0.25, -0.2) is 0 Å². The van der Waals surface area contributed by atoms with Crippen molar-refractivity contribution in [3.63, 3.8) is 0 Å². The first-order chi connectivity index (χ1) is 6.74. The minimum absolute atomic E-state index is 0.527. The van der Waals surface area contributed by atoms with E-state index in [9.17, 15) is 0 Å². The molecule has 1 atom stereocenters. The Morgan fingerprint density at radius 1 is 1.36 bits per heavy atom. The molecule has 14 heavy (non-hydrogen) atoms. The Kier molecular flexibility index (Phi) is 4.63. The smallest absolute Gasteiger partial charge is 0.107 e. The van der Waals surface area contributed by atoms with E-state index in [2.05, 4.69) is 43.4 Å². The molecule has 2 heteroatoms. The van der Waals surface area contributed by atoms with Gasteiger partial charge >= 0.3 is 0 Å². The van der Waals surface area contributed by atoms with Crippen LogP contribution in [0.2, 0.25) is 0 Å². The normalized spacial score (nSPS) is 12.8. The van der Waals surface area contributed by atoms with Crippen molar-refractivity contribution in [3.05, 3.63) is 35.4 Å². The predicted octanol–water partition coefficient (Wildman–Crippen LogP) is 1.09. The Labute approximate surface area is 86.3 Å². The Morgan fingerprint density at radius 3 is 2.71 bits per heavy atom. The number of methoxy groups -OCH3 is 1. The van der Waals surface area contributed by atoms with Gasteiger partial charge in [0.25, 0.3) is 0 Å². The number of hydrogen-bond acceptors (Lipinski definition) is 1. The molecular weight excluding hydrogens is 174 g/mol. The zero-order valence-electron chi connectivity index (χ0n) is 9.29. The molecular formula is C12H20NO+. The summed E-state index contributed by atoms with van der Waals surface area (Å²) in [5.41, 5.74) is 2.78. The van der Waals surface area contributed by atoms with E-state index in [0.29, 0.717) is 6.04 Å². The van der Waals surface area contributed by atoms with Crippen molar-refractivity contribution >= 4 is 0 Å². The lowest BCUT2D eigenvalue weighted by molar-refractivity contribution is -0.702. The summed E-state index contributed by atoms with van der Waals surface area (Å²) in [5, 5.41) is 2.31. The van der Waals surface area contributed by atoms with Gasteiger partial charge < -0.3 is 10.1 Å². The standard InChI is InChI=1S/C12H19NO/c1-10-6-4-5-7-12(10)8-13-11(2)9-14-3/h4-7,11,13H,8-9H2,1-3H3/p+1. The molecule has 1 aromatic rings. The largest absolute Gasteiger partial charge is 0.379 e. The highest BCUT2D eigenvalue weighted by atomic mass is 16.5. The van der Waals surface area contributed by atoms with Crippen LogP contribution in [-0.2, 0) is 11.3 Å². The highest BCUT2D eigenvalue weighted by Gasteiger charge is 2.05. The van der Waals surface area contributed by atoms with Crippen LogP contribution in [0.1, 0.15) is 18.1 Å². The average Bonchev–Trinajstić information content (AvgIpc) is 2.17. The highest BCUT2D eigenvalue weighted by molar-refractivity contribution is 5.24. The van der Waals surface area contributed by atoms with E-state index in [1.165, 1.54) is 11.1 Å². The van der Waals surface area contributed by atoms with Gasteiger partial charge in [0.2, 0.25) is 0 Å². The molecule has 0 aromatic heterocycles. The van der Waals surface area contributed by atoms with Crippen molar-refractivity contribution < 1.29 is 10.1 Å². The van der Waals surface area contributed by atoms with E-state index in [0.717, 1.165) is 13.2 Å². The van der Waals surface area contributed by atoms with Gasteiger partial charge in [0, 0.05) is 12.7 Å². The summed E-state index contributed by atoms with van der Waals surface area (Å²) in [6.07, 6.45) is 0. The molecule has 0 heterocycles. The molecule has 1 rings (SSSR count). The van der Waals surface area contributed by atoms with Crippen LogP contribution in [0, 0.1) is 6.92 Å². The van der Waals surface area contributed by atoms with Crippen molar-refractivity contribution in [2.24, 2.45) is 0 Å². The maximum atomic E-state index is 5.09. The summed E-state index contributed by atoms with van der Waals surface area (Å²) in [6, 6.07) is 9.05. The van der Waals surface area contributed by atoms with Crippen LogP contribution in [-0.4, -0.2) is 19.8 Å². The van der Waals surface area contributed by atoms with Gasteiger partial charge in [-0.2, -0.15) is 0 Å². The number of aryl methyl sites for hydroxylation is 1. The zero-order chi connectivity index (χ0) is 10.4. The topological polar surface area (TPSA) is 25.8 Å². The van der Waals surface area contributed by atoms with E-state index in [1.807, 2.05) is 0 Å². The third-order valence-corrected chi connectivity index (χ3v) is 2.43. The number of rotatable bonds is 5. The molecule has 0 fully saturated rings. The molecule has 78 valence electrons. The van der Waals surface area contributed by atoms with Crippen LogP contribution in [0.5, 0.6) is 0 Å². The summed E-state index contributed by atoms with van der Waals surface area (Å²) in [6.45, 7) is 6.19. The van der Waals surface area contributed by atoms with E-state index < -0.39 is 0 Å². The molecule has 2 N–H and O–H groups in total. The molecule has 0 amide bonds. The Morgan fingerprint density at radius 2 is 2.07 bits per heavy atom. The Hall–Kier alpha value is -0.860. The lowest BCUT2D eigenvalue weighted by atomic mass is 10.1.